The van der Waals surface area contributed by atoms with Gasteiger partial charge < -0.3 is 24.1 Å². The molecular formula is C20H21N3O4. The molecule has 27 heavy (non-hydrogen) atoms. The van der Waals surface area contributed by atoms with Crippen LogP contribution in [0.3, 0.4) is 0 Å². The fourth-order valence-corrected chi connectivity index (χ4v) is 2.86. The van der Waals surface area contributed by atoms with E-state index < -0.39 is 0 Å². The molecule has 3 rings (SSSR count). The van der Waals surface area contributed by atoms with E-state index in [1.54, 1.807) is 24.7 Å². The molecule has 0 spiro atoms. The van der Waals surface area contributed by atoms with Gasteiger partial charge in [-0.05, 0) is 23.8 Å². The summed E-state index contributed by atoms with van der Waals surface area (Å²) in [6.45, 7) is 0.352. The zero-order valence-corrected chi connectivity index (χ0v) is 15.4. The average molecular weight is 367 g/mol. The number of hydrogen-bond donors (Lipinski definition) is 1. The van der Waals surface area contributed by atoms with Crippen LogP contribution in [0.15, 0.2) is 55.1 Å². The fraction of sp³-hybridized carbons (Fsp3) is 0.200. The maximum Gasteiger partial charge on any atom is 0.255 e. The molecular weight excluding hydrogens is 346 g/mol. The molecule has 1 heterocycles. The number of ether oxygens (including phenoxy) is 3. The minimum absolute atomic E-state index is 0.270. The zero-order chi connectivity index (χ0) is 19.2. The molecule has 7 heteroatoms. The minimum Gasteiger partial charge on any atom is -0.493 e. The van der Waals surface area contributed by atoms with Crippen LogP contribution in [0.5, 0.6) is 17.2 Å². The highest BCUT2D eigenvalue weighted by molar-refractivity contribution is 5.98. The Kier molecular flexibility index (Phi) is 5.61. The van der Waals surface area contributed by atoms with Crippen LogP contribution in [0.25, 0.3) is 5.69 Å². The van der Waals surface area contributed by atoms with Crippen molar-refractivity contribution in [2.45, 2.75) is 6.54 Å². The van der Waals surface area contributed by atoms with Crippen LogP contribution in [-0.4, -0.2) is 36.8 Å². The molecule has 0 saturated carbocycles. The van der Waals surface area contributed by atoms with Crippen molar-refractivity contribution in [3.05, 3.63) is 66.2 Å². The van der Waals surface area contributed by atoms with Crippen molar-refractivity contribution in [3.8, 4) is 22.9 Å². The van der Waals surface area contributed by atoms with Gasteiger partial charge in [0.15, 0.2) is 11.5 Å². The highest BCUT2D eigenvalue weighted by Crippen LogP contribution is 2.39. The van der Waals surface area contributed by atoms with Crippen LogP contribution in [-0.2, 0) is 6.54 Å². The number of rotatable bonds is 7. The van der Waals surface area contributed by atoms with Crippen molar-refractivity contribution >= 4 is 5.91 Å². The van der Waals surface area contributed by atoms with E-state index in [9.17, 15) is 4.79 Å². The van der Waals surface area contributed by atoms with Gasteiger partial charge in [-0.15, -0.1) is 0 Å². The summed E-state index contributed by atoms with van der Waals surface area (Å²) < 4.78 is 17.9. The first-order chi connectivity index (χ1) is 13.2. The van der Waals surface area contributed by atoms with Crippen molar-refractivity contribution in [2.75, 3.05) is 21.3 Å². The summed E-state index contributed by atoms with van der Waals surface area (Å²) in [5, 5.41) is 2.93. The SMILES string of the molecule is COc1ccc(C(=O)NCc2ccccc2-n2ccnc2)c(OC)c1OC. The summed E-state index contributed by atoms with van der Waals surface area (Å²) >= 11 is 0. The molecule has 0 aliphatic heterocycles. The highest BCUT2D eigenvalue weighted by Gasteiger charge is 2.20. The molecule has 0 saturated heterocycles. The normalized spacial score (nSPS) is 10.3. The molecule has 3 aromatic rings. The van der Waals surface area contributed by atoms with Crippen molar-refractivity contribution < 1.29 is 19.0 Å². The molecule has 1 aromatic heterocycles. The van der Waals surface area contributed by atoms with E-state index in [1.165, 1.54) is 21.3 Å². The molecule has 0 fully saturated rings. The molecule has 0 atom stereocenters. The van der Waals surface area contributed by atoms with Crippen molar-refractivity contribution in [1.82, 2.24) is 14.9 Å². The van der Waals surface area contributed by atoms with Gasteiger partial charge in [-0.25, -0.2) is 4.98 Å². The molecule has 1 N–H and O–H groups in total. The maximum atomic E-state index is 12.8. The van der Waals surface area contributed by atoms with E-state index in [0.29, 0.717) is 29.4 Å². The lowest BCUT2D eigenvalue weighted by Gasteiger charge is -2.16. The first kappa shape index (κ1) is 18.3. The topological polar surface area (TPSA) is 74.6 Å². The van der Waals surface area contributed by atoms with Gasteiger partial charge in [-0.2, -0.15) is 0 Å². The fourth-order valence-electron chi connectivity index (χ4n) is 2.86. The van der Waals surface area contributed by atoms with Crippen LogP contribution < -0.4 is 19.5 Å². The molecule has 0 aliphatic rings. The van der Waals surface area contributed by atoms with Gasteiger partial charge in [0.25, 0.3) is 5.91 Å². The van der Waals surface area contributed by atoms with E-state index in [2.05, 4.69) is 10.3 Å². The average Bonchev–Trinajstić information content (AvgIpc) is 3.25. The number of imidazole rings is 1. The van der Waals surface area contributed by atoms with Gasteiger partial charge in [0, 0.05) is 18.9 Å². The minimum atomic E-state index is -0.270. The number of carbonyl (C=O) groups excluding carboxylic acids is 1. The Bertz CT molecular complexity index is 923. The molecule has 140 valence electrons. The Morgan fingerprint density at radius 3 is 2.48 bits per heavy atom. The third kappa shape index (κ3) is 3.72. The molecule has 0 bridgehead atoms. The number of benzene rings is 2. The van der Waals surface area contributed by atoms with Crippen molar-refractivity contribution in [3.63, 3.8) is 0 Å². The summed E-state index contributed by atoms with van der Waals surface area (Å²) in [6.07, 6.45) is 5.29. The molecule has 1 amide bonds. The molecule has 0 aliphatic carbocycles. The van der Waals surface area contributed by atoms with Gasteiger partial charge in [-0.3, -0.25) is 4.79 Å². The van der Waals surface area contributed by atoms with Crippen LogP contribution >= 0.6 is 0 Å². The second-order valence-corrected chi connectivity index (χ2v) is 5.66. The van der Waals surface area contributed by atoms with Gasteiger partial charge in [0.05, 0.1) is 38.9 Å². The van der Waals surface area contributed by atoms with E-state index >= 15 is 0 Å². The maximum absolute atomic E-state index is 12.8. The van der Waals surface area contributed by atoms with E-state index in [1.807, 2.05) is 35.0 Å². The number of aromatic nitrogens is 2. The number of amides is 1. The predicted octanol–water partition coefficient (Wildman–Crippen LogP) is 2.83. The number of nitrogens with one attached hydrogen (secondary N) is 1. The summed E-state index contributed by atoms with van der Waals surface area (Å²) in [5.41, 5.74) is 2.29. The third-order valence-corrected chi connectivity index (χ3v) is 4.16. The Labute approximate surface area is 157 Å². The second-order valence-electron chi connectivity index (χ2n) is 5.66. The first-order valence-electron chi connectivity index (χ1n) is 8.33. The number of hydrogen-bond acceptors (Lipinski definition) is 5. The van der Waals surface area contributed by atoms with Gasteiger partial charge in [0.2, 0.25) is 5.75 Å². The third-order valence-electron chi connectivity index (χ3n) is 4.16. The van der Waals surface area contributed by atoms with Crippen molar-refractivity contribution in [2.24, 2.45) is 0 Å². The number of para-hydroxylation sites is 1. The Balaban J connectivity index is 1.84. The molecule has 7 nitrogen and oxygen atoms in total. The summed E-state index contributed by atoms with van der Waals surface area (Å²) in [5.74, 6) is 0.938. The second kappa shape index (κ2) is 8.27. The molecule has 0 radical (unpaired) electrons. The van der Waals surface area contributed by atoms with Gasteiger partial charge in [0.1, 0.15) is 0 Å². The predicted molar refractivity (Wildman–Crippen MR) is 101 cm³/mol. The quantitative estimate of drug-likeness (QED) is 0.695. The summed E-state index contributed by atoms with van der Waals surface area (Å²) in [7, 11) is 4.52. The van der Waals surface area contributed by atoms with Crippen LogP contribution in [0, 0.1) is 0 Å². The van der Waals surface area contributed by atoms with Crippen LogP contribution in [0.1, 0.15) is 15.9 Å². The zero-order valence-electron chi connectivity index (χ0n) is 15.4. The number of carbonyl (C=O) groups is 1. The lowest BCUT2D eigenvalue weighted by atomic mass is 10.1. The number of methoxy groups -OCH3 is 3. The van der Waals surface area contributed by atoms with E-state index in [-0.39, 0.29) is 5.91 Å². The standard InChI is InChI=1S/C20H21N3O4/c1-25-17-9-8-15(18(26-2)19(17)27-3)20(24)22-12-14-6-4-5-7-16(14)23-11-10-21-13-23/h4-11,13H,12H2,1-3H3,(H,22,24). The summed E-state index contributed by atoms with van der Waals surface area (Å²) in [6, 6.07) is 11.1. The monoisotopic (exact) mass is 367 g/mol. The molecule has 2 aromatic carbocycles. The molecule has 0 unspecified atom stereocenters. The van der Waals surface area contributed by atoms with Gasteiger partial charge >= 0.3 is 0 Å². The van der Waals surface area contributed by atoms with Crippen molar-refractivity contribution in [1.29, 1.82) is 0 Å². The van der Waals surface area contributed by atoms with E-state index in [4.69, 9.17) is 14.2 Å². The van der Waals surface area contributed by atoms with E-state index in [0.717, 1.165) is 11.3 Å². The summed E-state index contributed by atoms with van der Waals surface area (Å²) in [4.78, 5) is 16.8. The lowest BCUT2D eigenvalue weighted by molar-refractivity contribution is 0.0947. The smallest absolute Gasteiger partial charge is 0.255 e. The Morgan fingerprint density at radius 1 is 1.04 bits per heavy atom. The Hall–Kier alpha value is -3.48. The number of nitrogens with zero attached hydrogens (tertiary/aromatic N) is 2. The lowest BCUT2D eigenvalue weighted by Crippen LogP contribution is -2.24. The van der Waals surface area contributed by atoms with Gasteiger partial charge in [-0.1, -0.05) is 18.2 Å². The first-order valence-corrected chi connectivity index (χ1v) is 8.33. The van der Waals surface area contributed by atoms with Crippen LogP contribution in [0.4, 0.5) is 0 Å². The Morgan fingerprint density at radius 2 is 1.81 bits per heavy atom. The van der Waals surface area contributed by atoms with Crippen LogP contribution in [0.2, 0.25) is 0 Å². The largest absolute Gasteiger partial charge is 0.493 e. The highest BCUT2D eigenvalue weighted by atomic mass is 16.5.